The number of ether oxygens (including phenoxy) is 3. The summed E-state index contributed by atoms with van der Waals surface area (Å²) in [5.74, 6) is 1.53. The van der Waals surface area contributed by atoms with Crippen LogP contribution in [0.4, 0.5) is 5.69 Å². The summed E-state index contributed by atoms with van der Waals surface area (Å²) >= 11 is 6.46. The lowest BCUT2D eigenvalue weighted by Gasteiger charge is -2.14. The third-order valence-corrected chi connectivity index (χ3v) is 5.44. The molecule has 3 aromatic rings. The van der Waals surface area contributed by atoms with E-state index in [2.05, 4.69) is 22.8 Å². The van der Waals surface area contributed by atoms with Gasteiger partial charge in [-0.3, -0.25) is 4.79 Å². The number of carbonyl (C=O) groups excluding carboxylic acids is 1. The van der Waals surface area contributed by atoms with Crippen LogP contribution in [0.15, 0.2) is 60.7 Å². The van der Waals surface area contributed by atoms with Gasteiger partial charge in [0.1, 0.15) is 5.75 Å². The lowest BCUT2D eigenvalue weighted by molar-refractivity contribution is -0.118. The molecule has 0 aliphatic rings. The van der Waals surface area contributed by atoms with E-state index in [1.165, 1.54) is 5.56 Å². The summed E-state index contributed by atoms with van der Waals surface area (Å²) in [6, 6.07) is 19.1. The standard InChI is InChI=1S/C26H29ClN2O4/c1-18-4-8-21(9-5-18)29-26(30)17-33-25-15-23(27)20(14-24(25)32-3)16-28-13-12-19-6-10-22(31-2)11-7-19/h4-11,14-15,28H,12-13,16-17H2,1-3H3,(H,29,30). The Bertz CT molecular complexity index is 1050. The first-order valence-electron chi connectivity index (χ1n) is 10.7. The maximum absolute atomic E-state index is 12.2. The fourth-order valence-corrected chi connectivity index (χ4v) is 3.43. The van der Waals surface area contributed by atoms with Gasteiger partial charge in [-0.25, -0.2) is 0 Å². The number of rotatable bonds is 11. The number of hydrogen-bond acceptors (Lipinski definition) is 5. The van der Waals surface area contributed by atoms with Gasteiger partial charge in [-0.05, 0) is 61.3 Å². The second-order valence-electron chi connectivity index (χ2n) is 7.57. The zero-order chi connectivity index (χ0) is 23.6. The number of halogens is 1. The van der Waals surface area contributed by atoms with Crippen molar-refractivity contribution in [1.29, 1.82) is 0 Å². The highest BCUT2D eigenvalue weighted by atomic mass is 35.5. The number of methoxy groups -OCH3 is 2. The molecule has 7 heteroatoms. The average molecular weight is 469 g/mol. The van der Waals surface area contributed by atoms with Crippen molar-refractivity contribution in [1.82, 2.24) is 5.32 Å². The summed E-state index contributed by atoms with van der Waals surface area (Å²) in [6.45, 7) is 3.22. The van der Waals surface area contributed by atoms with Crippen LogP contribution in [-0.2, 0) is 17.8 Å². The molecule has 0 aliphatic carbocycles. The molecular weight excluding hydrogens is 440 g/mol. The number of aryl methyl sites for hydroxylation is 1. The Morgan fingerprint density at radius 3 is 2.33 bits per heavy atom. The molecule has 0 heterocycles. The van der Waals surface area contributed by atoms with E-state index < -0.39 is 0 Å². The number of carbonyl (C=O) groups is 1. The van der Waals surface area contributed by atoms with Crippen LogP contribution in [0.2, 0.25) is 5.02 Å². The molecular formula is C26H29ClN2O4. The molecule has 0 unspecified atom stereocenters. The van der Waals surface area contributed by atoms with Crippen LogP contribution in [0, 0.1) is 6.92 Å². The van der Waals surface area contributed by atoms with E-state index in [1.807, 2.05) is 49.4 Å². The molecule has 33 heavy (non-hydrogen) atoms. The quantitative estimate of drug-likeness (QED) is 0.387. The van der Waals surface area contributed by atoms with Crippen molar-refractivity contribution in [3.05, 3.63) is 82.4 Å². The molecule has 0 fully saturated rings. The minimum absolute atomic E-state index is 0.153. The van der Waals surface area contributed by atoms with Crippen LogP contribution in [0.1, 0.15) is 16.7 Å². The zero-order valence-electron chi connectivity index (χ0n) is 19.1. The minimum Gasteiger partial charge on any atom is -0.497 e. The van der Waals surface area contributed by atoms with Gasteiger partial charge >= 0.3 is 0 Å². The van der Waals surface area contributed by atoms with Gasteiger partial charge in [0.15, 0.2) is 18.1 Å². The first kappa shape index (κ1) is 24.4. The fourth-order valence-electron chi connectivity index (χ4n) is 3.21. The molecule has 0 saturated carbocycles. The third kappa shape index (κ3) is 7.41. The predicted molar refractivity (Wildman–Crippen MR) is 132 cm³/mol. The summed E-state index contributed by atoms with van der Waals surface area (Å²) in [6.07, 6.45) is 0.885. The Hall–Kier alpha value is -3.22. The van der Waals surface area contributed by atoms with E-state index in [9.17, 15) is 4.79 Å². The van der Waals surface area contributed by atoms with E-state index in [0.29, 0.717) is 23.1 Å². The molecule has 3 rings (SSSR count). The normalized spacial score (nSPS) is 10.5. The smallest absolute Gasteiger partial charge is 0.262 e. The van der Waals surface area contributed by atoms with E-state index in [-0.39, 0.29) is 12.5 Å². The molecule has 0 radical (unpaired) electrons. The summed E-state index contributed by atoms with van der Waals surface area (Å²) in [7, 11) is 3.22. The van der Waals surface area contributed by atoms with Crippen molar-refractivity contribution < 1.29 is 19.0 Å². The van der Waals surface area contributed by atoms with E-state index in [0.717, 1.165) is 35.5 Å². The summed E-state index contributed by atoms with van der Waals surface area (Å²) < 4.78 is 16.3. The lowest BCUT2D eigenvalue weighted by Crippen LogP contribution is -2.20. The van der Waals surface area contributed by atoms with Gasteiger partial charge < -0.3 is 24.8 Å². The number of benzene rings is 3. The van der Waals surface area contributed by atoms with Crippen LogP contribution >= 0.6 is 11.6 Å². The SMILES string of the molecule is COc1ccc(CCNCc2cc(OC)c(OCC(=O)Nc3ccc(C)cc3)cc2Cl)cc1. The second kappa shape index (κ2) is 12.1. The first-order chi connectivity index (χ1) is 16.0. The average Bonchev–Trinajstić information content (AvgIpc) is 2.83. The number of nitrogens with one attached hydrogen (secondary N) is 2. The van der Waals surface area contributed by atoms with Crippen LogP contribution in [0.5, 0.6) is 17.2 Å². The number of anilines is 1. The largest absolute Gasteiger partial charge is 0.497 e. The Morgan fingerprint density at radius 1 is 0.939 bits per heavy atom. The molecule has 6 nitrogen and oxygen atoms in total. The van der Waals surface area contributed by atoms with E-state index in [4.69, 9.17) is 25.8 Å². The van der Waals surface area contributed by atoms with E-state index in [1.54, 1.807) is 20.3 Å². The van der Waals surface area contributed by atoms with Gasteiger partial charge in [0.25, 0.3) is 5.91 Å². The van der Waals surface area contributed by atoms with Crippen LogP contribution in [0.25, 0.3) is 0 Å². The molecule has 0 aliphatic heterocycles. The lowest BCUT2D eigenvalue weighted by atomic mass is 10.1. The van der Waals surface area contributed by atoms with Gasteiger partial charge in [0.2, 0.25) is 0 Å². The highest BCUT2D eigenvalue weighted by Gasteiger charge is 2.12. The van der Waals surface area contributed by atoms with Crippen molar-refractivity contribution in [2.24, 2.45) is 0 Å². The van der Waals surface area contributed by atoms with E-state index >= 15 is 0 Å². The molecule has 0 aromatic heterocycles. The van der Waals surface area contributed by atoms with Crippen LogP contribution in [0.3, 0.4) is 0 Å². The van der Waals surface area contributed by atoms with Crippen molar-refractivity contribution in [3.63, 3.8) is 0 Å². The Labute approximate surface area is 199 Å². The predicted octanol–water partition coefficient (Wildman–Crippen LogP) is 5.02. The molecule has 174 valence electrons. The highest BCUT2D eigenvalue weighted by molar-refractivity contribution is 6.31. The Kier molecular flexibility index (Phi) is 8.98. The minimum atomic E-state index is -0.263. The molecule has 0 spiro atoms. The van der Waals surface area contributed by atoms with Gasteiger partial charge in [-0.15, -0.1) is 0 Å². The third-order valence-electron chi connectivity index (χ3n) is 5.09. The van der Waals surface area contributed by atoms with Crippen LogP contribution in [-0.4, -0.2) is 33.3 Å². The summed E-state index contributed by atoms with van der Waals surface area (Å²) in [5.41, 5.74) is 3.95. The van der Waals surface area contributed by atoms with Gasteiger partial charge in [-0.2, -0.15) is 0 Å². The number of hydrogen-bond donors (Lipinski definition) is 2. The van der Waals surface area contributed by atoms with Gasteiger partial charge in [0, 0.05) is 23.3 Å². The maximum atomic E-state index is 12.2. The molecule has 0 saturated heterocycles. The molecule has 1 amide bonds. The second-order valence-corrected chi connectivity index (χ2v) is 7.98. The van der Waals surface area contributed by atoms with Crippen LogP contribution < -0.4 is 24.8 Å². The summed E-state index contributed by atoms with van der Waals surface area (Å²) in [5, 5.41) is 6.74. The van der Waals surface area contributed by atoms with Gasteiger partial charge in [0.05, 0.1) is 14.2 Å². The molecule has 0 atom stereocenters. The highest BCUT2D eigenvalue weighted by Crippen LogP contribution is 2.33. The summed E-state index contributed by atoms with van der Waals surface area (Å²) in [4.78, 5) is 12.2. The van der Waals surface area contributed by atoms with Crippen molar-refractivity contribution in [2.75, 3.05) is 32.7 Å². The maximum Gasteiger partial charge on any atom is 0.262 e. The molecule has 2 N–H and O–H groups in total. The topological polar surface area (TPSA) is 68.8 Å². The van der Waals surface area contributed by atoms with Gasteiger partial charge in [-0.1, -0.05) is 41.4 Å². The monoisotopic (exact) mass is 468 g/mol. The first-order valence-corrected chi connectivity index (χ1v) is 11.1. The van der Waals surface area contributed by atoms with Crippen molar-refractivity contribution >= 4 is 23.2 Å². The molecule has 0 bridgehead atoms. The van der Waals surface area contributed by atoms with Crippen molar-refractivity contribution in [3.8, 4) is 17.2 Å². The Morgan fingerprint density at radius 2 is 1.67 bits per heavy atom. The van der Waals surface area contributed by atoms with Crippen molar-refractivity contribution in [2.45, 2.75) is 19.9 Å². The fraction of sp³-hybridized carbons (Fsp3) is 0.269. The number of amides is 1. The Balaban J connectivity index is 1.51. The molecule has 3 aromatic carbocycles. The zero-order valence-corrected chi connectivity index (χ0v) is 19.9.